The van der Waals surface area contributed by atoms with Crippen molar-refractivity contribution in [2.75, 3.05) is 19.0 Å². The second-order valence-electron chi connectivity index (χ2n) is 5.05. The van der Waals surface area contributed by atoms with Crippen LogP contribution in [0.15, 0.2) is 32.5 Å². The largest absolute Gasteiger partial charge is 0.456 e. The molecule has 0 saturated carbocycles. The van der Waals surface area contributed by atoms with Gasteiger partial charge in [0, 0.05) is 39.8 Å². The maximum Gasteiger partial charge on any atom is 0.177 e. The number of aromatic nitrogens is 1. The Bertz CT molecular complexity index is 905. The zero-order valence-corrected chi connectivity index (χ0v) is 16.0. The van der Waals surface area contributed by atoms with Gasteiger partial charge in [0.2, 0.25) is 0 Å². The number of ether oxygens (including phenoxy) is 1. The summed E-state index contributed by atoms with van der Waals surface area (Å²) in [6.07, 6.45) is -1.95. The molecule has 0 spiro atoms. The van der Waals surface area contributed by atoms with Crippen molar-refractivity contribution in [1.82, 2.24) is 4.98 Å². The molecule has 0 amide bonds. The van der Waals surface area contributed by atoms with Crippen LogP contribution in [0.3, 0.4) is 0 Å². The molecule has 0 aliphatic heterocycles. The van der Waals surface area contributed by atoms with Crippen LogP contribution in [-0.2, 0) is 17.7 Å². The minimum atomic E-state index is -1.95. The standard InChI is InChI=1S/C16H17BrClN3O2S/c1-22-8-9(19)5-12-14(17)15-16(23-12)11(6-13(18)21-15)20-7-10-3-2-4-24-10/h2-4,6,9H,5,7-8,19H2,1H3,(H,20,21)/t9-/m1/s1/i5D2. The lowest BCUT2D eigenvalue weighted by atomic mass is 10.2. The lowest BCUT2D eigenvalue weighted by Gasteiger charge is -2.08. The van der Waals surface area contributed by atoms with E-state index in [4.69, 9.17) is 29.2 Å². The average Bonchev–Trinajstić information content (AvgIpc) is 3.22. The van der Waals surface area contributed by atoms with Crippen LogP contribution >= 0.6 is 38.9 Å². The Morgan fingerprint density at radius 1 is 1.62 bits per heavy atom. The molecule has 0 unspecified atom stereocenters. The van der Waals surface area contributed by atoms with Crippen molar-refractivity contribution < 1.29 is 11.9 Å². The molecule has 8 heteroatoms. The average molecular weight is 433 g/mol. The molecular formula is C16H17BrClN3O2S. The van der Waals surface area contributed by atoms with Crippen LogP contribution in [0.1, 0.15) is 13.4 Å². The van der Waals surface area contributed by atoms with Gasteiger partial charge < -0.3 is 20.2 Å². The number of halogens is 2. The molecule has 0 aliphatic carbocycles. The monoisotopic (exact) mass is 431 g/mol. The first-order chi connectivity index (χ1) is 12.3. The summed E-state index contributed by atoms with van der Waals surface area (Å²) in [6, 6.07) is 4.75. The van der Waals surface area contributed by atoms with Gasteiger partial charge in [-0.3, -0.25) is 0 Å². The number of fused-ring (bicyclic) bond motifs is 1. The van der Waals surface area contributed by atoms with Crippen LogP contribution < -0.4 is 11.1 Å². The quantitative estimate of drug-likeness (QED) is 0.540. The van der Waals surface area contributed by atoms with Gasteiger partial charge in [0.05, 0.1) is 16.8 Å². The third kappa shape index (κ3) is 3.92. The van der Waals surface area contributed by atoms with E-state index >= 15 is 0 Å². The van der Waals surface area contributed by atoms with E-state index < -0.39 is 12.4 Å². The fourth-order valence-corrected chi connectivity index (χ4v) is 3.52. The molecule has 3 aromatic rings. The molecule has 0 aromatic carbocycles. The molecule has 3 aromatic heterocycles. The third-order valence-electron chi connectivity index (χ3n) is 3.25. The maximum absolute atomic E-state index is 8.35. The summed E-state index contributed by atoms with van der Waals surface area (Å²) in [5.74, 6) is 0.0611. The number of nitrogens with two attached hydrogens (primary N) is 1. The van der Waals surface area contributed by atoms with Gasteiger partial charge in [0.1, 0.15) is 16.4 Å². The van der Waals surface area contributed by atoms with E-state index in [1.807, 2.05) is 17.5 Å². The highest BCUT2D eigenvalue weighted by Crippen LogP contribution is 2.36. The van der Waals surface area contributed by atoms with Crippen LogP contribution in [0.25, 0.3) is 11.1 Å². The Balaban J connectivity index is 2.02. The van der Waals surface area contributed by atoms with Gasteiger partial charge in [-0.05, 0) is 27.4 Å². The van der Waals surface area contributed by atoms with Gasteiger partial charge in [0.25, 0.3) is 0 Å². The second-order valence-corrected chi connectivity index (χ2v) is 7.27. The fraction of sp³-hybridized carbons (Fsp3) is 0.312. The van der Waals surface area contributed by atoms with Gasteiger partial charge >= 0.3 is 0 Å². The first kappa shape index (κ1) is 15.2. The number of nitrogens with one attached hydrogen (secondary N) is 1. The zero-order valence-electron chi connectivity index (χ0n) is 14.8. The lowest BCUT2D eigenvalue weighted by Crippen LogP contribution is -2.27. The molecule has 0 saturated heterocycles. The van der Waals surface area contributed by atoms with Crippen LogP contribution in [0.4, 0.5) is 5.69 Å². The molecule has 1 atom stereocenters. The molecule has 24 heavy (non-hydrogen) atoms. The topological polar surface area (TPSA) is 73.3 Å². The molecular weight excluding hydrogens is 414 g/mol. The van der Waals surface area contributed by atoms with E-state index in [0.717, 1.165) is 4.88 Å². The van der Waals surface area contributed by atoms with Gasteiger partial charge in [-0.2, -0.15) is 0 Å². The minimum Gasteiger partial charge on any atom is -0.456 e. The predicted molar refractivity (Wildman–Crippen MR) is 102 cm³/mol. The Kier molecular flexibility index (Phi) is 4.95. The number of nitrogens with zero attached hydrogens (tertiary/aromatic N) is 1. The predicted octanol–water partition coefficient (Wildman–Crippen LogP) is 4.43. The summed E-state index contributed by atoms with van der Waals surface area (Å²) in [6.45, 7) is 0.644. The highest BCUT2D eigenvalue weighted by molar-refractivity contribution is 9.10. The molecule has 128 valence electrons. The maximum atomic E-state index is 8.35. The smallest absolute Gasteiger partial charge is 0.177 e. The van der Waals surface area contributed by atoms with E-state index in [1.54, 1.807) is 17.4 Å². The molecule has 3 rings (SSSR count). The van der Waals surface area contributed by atoms with Gasteiger partial charge in [-0.1, -0.05) is 17.7 Å². The van der Waals surface area contributed by atoms with Crippen molar-refractivity contribution in [3.63, 3.8) is 0 Å². The van der Waals surface area contributed by atoms with Gasteiger partial charge in [-0.25, -0.2) is 4.98 Å². The third-order valence-corrected chi connectivity index (χ3v) is 5.05. The number of thiophene rings is 1. The van der Waals surface area contributed by atoms with Crippen LogP contribution in [0.2, 0.25) is 5.15 Å². The Hall–Kier alpha value is -1.12. The van der Waals surface area contributed by atoms with E-state index in [2.05, 4.69) is 26.2 Å². The van der Waals surface area contributed by atoms with E-state index in [9.17, 15) is 0 Å². The number of anilines is 1. The van der Waals surface area contributed by atoms with Crippen molar-refractivity contribution in [1.29, 1.82) is 0 Å². The van der Waals surface area contributed by atoms with E-state index in [0.29, 0.717) is 27.8 Å². The normalized spacial score (nSPS) is 14.5. The number of hydrogen-bond acceptors (Lipinski definition) is 6. The van der Waals surface area contributed by atoms with Crippen LogP contribution in [-0.4, -0.2) is 24.7 Å². The fourth-order valence-electron chi connectivity index (χ4n) is 2.22. The number of methoxy groups -OCH3 is 1. The van der Waals surface area contributed by atoms with Crippen molar-refractivity contribution in [2.45, 2.75) is 19.0 Å². The van der Waals surface area contributed by atoms with Crippen molar-refractivity contribution in [3.05, 3.63) is 43.8 Å². The van der Waals surface area contributed by atoms with Crippen LogP contribution in [0.5, 0.6) is 0 Å². The summed E-state index contributed by atoms with van der Waals surface area (Å²) in [5, 5.41) is 5.55. The second kappa shape index (κ2) is 7.84. The SMILES string of the molecule is [2H]C([2H])(c1oc2c(NCc3cccs3)cc(Cl)nc2c1Br)[C@@H](N)COC. The molecule has 0 fully saturated rings. The highest BCUT2D eigenvalue weighted by atomic mass is 79.9. The Morgan fingerprint density at radius 2 is 2.46 bits per heavy atom. The summed E-state index contributed by atoms with van der Waals surface area (Å²) in [7, 11) is 1.47. The molecule has 0 radical (unpaired) electrons. The highest BCUT2D eigenvalue weighted by Gasteiger charge is 2.19. The van der Waals surface area contributed by atoms with Crippen molar-refractivity contribution in [2.24, 2.45) is 5.73 Å². The van der Waals surface area contributed by atoms with Gasteiger partial charge in [0.15, 0.2) is 5.58 Å². The lowest BCUT2D eigenvalue weighted by molar-refractivity contribution is 0.178. The number of furan rings is 1. The summed E-state index contributed by atoms with van der Waals surface area (Å²) >= 11 is 11.2. The minimum absolute atomic E-state index is 0.0498. The summed E-state index contributed by atoms with van der Waals surface area (Å²) in [4.78, 5) is 5.42. The molecule has 3 heterocycles. The number of hydrogen-bond donors (Lipinski definition) is 2. The van der Waals surface area contributed by atoms with Crippen molar-refractivity contribution >= 4 is 55.7 Å². The van der Waals surface area contributed by atoms with Gasteiger partial charge in [-0.15, -0.1) is 11.3 Å². The first-order valence-electron chi connectivity index (χ1n) is 8.14. The Labute approximate surface area is 160 Å². The molecule has 0 aliphatic rings. The van der Waals surface area contributed by atoms with Crippen LogP contribution in [0, 0.1) is 0 Å². The number of pyridine rings is 1. The number of rotatable bonds is 7. The summed E-state index contributed by atoms with van der Waals surface area (Å²) < 4.78 is 27.9. The van der Waals surface area contributed by atoms with Crippen molar-refractivity contribution in [3.8, 4) is 0 Å². The molecule has 0 bridgehead atoms. The molecule has 3 N–H and O–H groups in total. The first-order valence-corrected chi connectivity index (χ1v) is 9.19. The van der Waals surface area contributed by atoms with E-state index in [-0.39, 0.29) is 17.5 Å². The molecule has 5 nitrogen and oxygen atoms in total. The Morgan fingerprint density at radius 3 is 3.17 bits per heavy atom. The zero-order chi connectivity index (χ0) is 18.9. The van der Waals surface area contributed by atoms with E-state index in [1.165, 1.54) is 7.11 Å². The summed E-state index contributed by atoms with van der Waals surface area (Å²) in [5.41, 5.74) is 7.43.